The zero-order chi connectivity index (χ0) is 16.6. The number of nitrogens with one attached hydrogen (secondary N) is 1. The number of hydrogen-bond donors (Lipinski definition) is 1. The summed E-state index contributed by atoms with van der Waals surface area (Å²) in [5.74, 6) is 1.74. The zero-order valence-corrected chi connectivity index (χ0v) is 14.3. The number of hydrogen-bond acceptors (Lipinski definition) is 4. The maximum Gasteiger partial charge on any atom is 0.120 e. The highest BCUT2D eigenvalue weighted by molar-refractivity contribution is 5.31. The Bertz CT molecular complexity index is 605. The molecule has 1 saturated heterocycles. The molecule has 0 aromatic heterocycles. The third-order valence-electron chi connectivity index (χ3n) is 4.18. The summed E-state index contributed by atoms with van der Waals surface area (Å²) >= 11 is 0. The first-order chi connectivity index (χ1) is 11.8. The normalized spacial score (nSPS) is 15.2. The first-order valence-corrected chi connectivity index (χ1v) is 8.70. The molecule has 0 aliphatic carbocycles. The molecule has 3 rings (SSSR count). The van der Waals surface area contributed by atoms with Crippen LogP contribution in [0.2, 0.25) is 0 Å². The Morgan fingerprint density at radius 2 is 1.42 bits per heavy atom. The van der Waals surface area contributed by atoms with Gasteiger partial charge in [0.25, 0.3) is 0 Å². The fourth-order valence-corrected chi connectivity index (χ4v) is 2.83. The van der Waals surface area contributed by atoms with E-state index in [1.807, 2.05) is 31.2 Å². The Labute approximate surface area is 144 Å². The minimum absolute atomic E-state index is 0.585. The van der Waals surface area contributed by atoms with E-state index in [9.17, 15) is 0 Å². The molecule has 0 saturated carbocycles. The predicted octanol–water partition coefficient (Wildman–Crippen LogP) is 3.07. The third kappa shape index (κ3) is 4.98. The molecule has 0 radical (unpaired) electrons. The number of nitrogens with zero attached hydrogens (tertiary/aromatic N) is 1. The smallest absolute Gasteiger partial charge is 0.120 e. The molecule has 1 N–H and O–H groups in total. The Balaban J connectivity index is 1.48. The zero-order valence-electron chi connectivity index (χ0n) is 14.3. The van der Waals surface area contributed by atoms with Gasteiger partial charge in [-0.2, -0.15) is 0 Å². The van der Waals surface area contributed by atoms with Gasteiger partial charge in [-0.15, -0.1) is 0 Å². The lowest BCUT2D eigenvalue weighted by Gasteiger charge is -2.27. The van der Waals surface area contributed by atoms with E-state index >= 15 is 0 Å². The number of ether oxygens (including phenoxy) is 2. The quantitative estimate of drug-likeness (QED) is 0.848. The molecule has 1 aliphatic heterocycles. The minimum Gasteiger partial charge on any atom is -0.494 e. The van der Waals surface area contributed by atoms with E-state index in [4.69, 9.17) is 9.47 Å². The van der Waals surface area contributed by atoms with Crippen LogP contribution in [0.15, 0.2) is 48.5 Å². The first kappa shape index (κ1) is 16.8. The molecule has 2 aromatic rings. The highest BCUT2D eigenvalue weighted by atomic mass is 16.5. The monoisotopic (exact) mass is 326 g/mol. The summed E-state index contributed by atoms with van der Waals surface area (Å²) in [5.41, 5.74) is 2.55. The van der Waals surface area contributed by atoms with Crippen LogP contribution in [0.25, 0.3) is 0 Å². The van der Waals surface area contributed by atoms with Crippen molar-refractivity contribution in [1.29, 1.82) is 0 Å². The van der Waals surface area contributed by atoms with E-state index in [1.165, 1.54) is 11.1 Å². The molecule has 4 heteroatoms. The number of rotatable bonds is 7. The fourth-order valence-electron chi connectivity index (χ4n) is 2.83. The van der Waals surface area contributed by atoms with Crippen molar-refractivity contribution in [2.45, 2.75) is 20.1 Å². The van der Waals surface area contributed by atoms with Gasteiger partial charge in [0.15, 0.2) is 0 Å². The van der Waals surface area contributed by atoms with E-state index in [1.54, 1.807) is 0 Å². The van der Waals surface area contributed by atoms with Gasteiger partial charge in [0, 0.05) is 32.7 Å². The lowest BCUT2D eigenvalue weighted by atomic mass is 10.1. The summed E-state index contributed by atoms with van der Waals surface area (Å²) in [4.78, 5) is 2.49. The van der Waals surface area contributed by atoms with Crippen molar-refractivity contribution < 1.29 is 9.47 Å². The van der Waals surface area contributed by atoms with Gasteiger partial charge in [-0.05, 0) is 42.3 Å². The van der Waals surface area contributed by atoms with Crippen LogP contribution < -0.4 is 14.8 Å². The van der Waals surface area contributed by atoms with Crippen LogP contribution in [0.1, 0.15) is 18.1 Å². The van der Waals surface area contributed by atoms with Gasteiger partial charge in [0.05, 0.1) is 6.61 Å². The maximum atomic E-state index is 5.84. The van der Waals surface area contributed by atoms with E-state index in [2.05, 4.69) is 34.5 Å². The summed E-state index contributed by atoms with van der Waals surface area (Å²) < 4.78 is 11.3. The van der Waals surface area contributed by atoms with Crippen molar-refractivity contribution in [3.8, 4) is 11.5 Å². The van der Waals surface area contributed by atoms with E-state index in [0.29, 0.717) is 13.2 Å². The van der Waals surface area contributed by atoms with E-state index < -0.39 is 0 Å². The Morgan fingerprint density at radius 3 is 2.04 bits per heavy atom. The lowest BCUT2D eigenvalue weighted by molar-refractivity contribution is 0.233. The van der Waals surface area contributed by atoms with Gasteiger partial charge in [-0.3, -0.25) is 4.90 Å². The second-order valence-corrected chi connectivity index (χ2v) is 6.04. The number of piperazine rings is 1. The molecule has 0 bridgehead atoms. The van der Waals surface area contributed by atoms with Crippen LogP contribution >= 0.6 is 0 Å². The molecule has 1 aliphatic rings. The lowest BCUT2D eigenvalue weighted by Crippen LogP contribution is -2.42. The molecule has 1 heterocycles. The standard InChI is InChI=1S/C20H26N2O2/c1-2-23-19-7-9-20(10-8-19)24-16-18-5-3-17(4-6-18)15-22-13-11-21-12-14-22/h3-10,21H,2,11-16H2,1H3. The predicted molar refractivity (Wildman–Crippen MR) is 96.5 cm³/mol. The van der Waals surface area contributed by atoms with Crippen LogP contribution in [0.4, 0.5) is 0 Å². The Kier molecular flexibility index (Phi) is 6.10. The van der Waals surface area contributed by atoms with E-state index in [0.717, 1.165) is 44.2 Å². The molecule has 0 atom stereocenters. The van der Waals surface area contributed by atoms with Gasteiger partial charge in [-0.1, -0.05) is 24.3 Å². The molecule has 4 nitrogen and oxygen atoms in total. The third-order valence-corrected chi connectivity index (χ3v) is 4.18. The van der Waals surface area contributed by atoms with Crippen LogP contribution in [0.5, 0.6) is 11.5 Å². The average Bonchev–Trinajstić information content (AvgIpc) is 2.63. The largest absolute Gasteiger partial charge is 0.494 e. The number of benzene rings is 2. The van der Waals surface area contributed by atoms with Crippen molar-refractivity contribution in [2.24, 2.45) is 0 Å². The van der Waals surface area contributed by atoms with Crippen molar-refractivity contribution in [2.75, 3.05) is 32.8 Å². The fraction of sp³-hybridized carbons (Fsp3) is 0.400. The molecular formula is C20H26N2O2. The van der Waals surface area contributed by atoms with Crippen molar-refractivity contribution in [1.82, 2.24) is 10.2 Å². The molecule has 1 fully saturated rings. The van der Waals surface area contributed by atoms with Gasteiger partial charge in [-0.25, -0.2) is 0 Å². The van der Waals surface area contributed by atoms with Crippen LogP contribution in [-0.4, -0.2) is 37.7 Å². The van der Waals surface area contributed by atoms with Gasteiger partial charge in [0.2, 0.25) is 0 Å². The van der Waals surface area contributed by atoms with Crippen LogP contribution in [-0.2, 0) is 13.2 Å². The summed E-state index contributed by atoms with van der Waals surface area (Å²) in [6.45, 7) is 8.72. The molecule has 2 aromatic carbocycles. The SMILES string of the molecule is CCOc1ccc(OCc2ccc(CN3CCNCC3)cc2)cc1. The topological polar surface area (TPSA) is 33.7 Å². The second-order valence-electron chi connectivity index (χ2n) is 6.04. The van der Waals surface area contributed by atoms with Crippen molar-refractivity contribution in [3.63, 3.8) is 0 Å². The van der Waals surface area contributed by atoms with E-state index in [-0.39, 0.29) is 0 Å². The molecular weight excluding hydrogens is 300 g/mol. The van der Waals surface area contributed by atoms with Gasteiger partial charge < -0.3 is 14.8 Å². The summed E-state index contributed by atoms with van der Waals surface area (Å²) in [6.07, 6.45) is 0. The van der Waals surface area contributed by atoms with Crippen molar-refractivity contribution >= 4 is 0 Å². The molecule has 24 heavy (non-hydrogen) atoms. The average molecular weight is 326 g/mol. The molecule has 0 amide bonds. The highest BCUT2D eigenvalue weighted by Crippen LogP contribution is 2.19. The first-order valence-electron chi connectivity index (χ1n) is 8.70. The Hall–Kier alpha value is -2.04. The second kappa shape index (κ2) is 8.71. The molecule has 0 spiro atoms. The van der Waals surface area contributed by atoms with Gasteiger partial charge >= 0.3 is 0 Å². The molecule has 0 unspecified atom stereocenters. The minimum atomic E-state index is 0.585. The van der Waals surface area contributed by atoms with Gasteiger partial charge in [0.1, 0.15) is 18.1 Å². The summed E-state index contributed by atoms with van der Waals surface area (Å²) in [6, 6.07) is 16.5. The van der Waals surface area contributed by atoms with Crippen LogP contribution in [0, 0.1) is 0 Å². The molecule has 128 valence electrons. The summed E-state index contributed by atoms with van der Waals surface area (Å²) in [7, 11) is 0. The highest BCUT2D eigenvalue weighted by Gasteiger charge is 2.09. The Morgan fingerprint density at radius 1 is 0.833 bits per heavy atom. The van der Waals surface area contributed by atoms with Crippen LogP contribution in [0.3, 0.4) is 0 Å². The maximum absolute atomic E-state index is 5.84. The summed E-state index contributed by atoms with van der Waals surface area (Å²) in [5, 5.41) is 3.39. The van der Waals surface area contributed by atoms with Crippen molar-refractivity contribution in [3.05, 3.63) is 59.7 Å².